The summed E-state index contributed by atoms with van der Waals surface area (Å²) in [6.45, 7) is 7.77. The van der Waals surface area contributed by atoms with Gasteiger partial charge < -0.3 is 14.8 Å². The van der Waals surface area contributed by atoms with Gasteiger partial charge >= 0.3 is 5.97 Å². The summed E-state index contributed by atoms with van der Waals surface area (Å²) in [5, 5.41) is 3.31. The second-order valence-corrected chi connectivity index (χ2v) is 5.38. The lowest BCUT2D eigenvalue weighted by Gasteiger charge is -2.35. The molecule has 0 unspecified atom stereocenters. The normalized spacial score (nSPS) is 18.2. The lowest BCUT2D eigenvalue weighted by Crippen LogP contribution is -2.43. The smallest absolute Gasteiger partial charge is 0.312 e. The first kappa shape index (κ1) is 16.4. The van der Waals surface area contributed by atoms with E-state index >= 15 is 0 Å². The van der Waals surface area contributed by atoms with Gasteiger partial charge in [0.25, 0.3) is 0 Å². The maximum atomic E-state index is 12.3. The number of rotatable bonds is 9. The van der Waals surface area contributed by atoms with Crippen molar-refractivity contribution < 1.29 is 14.3 Å². The SMILES string of the molecule is CCCCOCCOC(=O)C1(CCC)CCNCC1. The highest BCUT2D eigenvalue weighted by Crippen LogP contribution is 2.35. The van der Waals surface area contributed by atoms with Crippen LogP contribution in [-0.4, -0.2) is 38.9 Å². The largest absolute Gasteiger partial charge is 0.463 e. The first-order valence-corrected chi connectivity index (χ1v) is 7.71. The van der Waals surface area contributed by atoms with Crippen LogP contribution in [-0.2, 0) is 14.3 Å². The minimum absolute atomic E-state index is 0.0186. The lowest BCUT2D eigenvalue weighted by atomic mass is 9.75. The molecule has 1 fully saturated rings. The highest BCUT2D eigenvalue weighted by molar-refractivity contribution is 5.77. The summed E-state index contributed by atoms with van der Waals surface area (Å²) in [6.07, 6.45) is 5.96. The van der Waals surface area contributed by atoms with Gasteiger partial charge in [-0.1, -0.05) is 26.7 Å². The van der Waals surface area contributed by atoms with Crippen molar-refractivity contribution in [3.63, 3.8) is 0 Å². The average Bonchev–Trinajstić information content (AvgIpc) is 2.44. The van der Waals surface area contributed by atoms with Crippen molar-refractivity contribution in [3.8, 4) is 0 Å². The molecule has 1 heterocycles. The fourth-order valence-electron chi connectivity index (χ4n) is 2.63. The zero-order chi connectivity index (χ0) is 14.0. The molecular formula is C15H29NO3. The number of carbonyl (C=O) groups is 1. The number of ether oxygens (including phenoxy) is 2. The van der Waals surface area contributed by atoms with E-state index in [9.17, 15) is 4.79 Å². The molecule has 0 amide bonds. The van der Waals surface area contributed by atoms with Crippen LogP contribution in [0.15, 0.2) is 0 Å². The highest BCUT2D eigenvalue weighted by atomic mass is 16.6. The van der Waals surface area contributed by atoms with Crippen molar-refractivity contribution in [1.82, 2.24) is 5.32 Å². The van der Waals surface area contributed by atoms with E-state index in [0.29, 0.717) is 13.2 Å². The van der Waals surface area contributed by atoms with Crippen LogP contribution in [0.5, 0.6) is 0 Å². The third-order valence-electron chi connectivity index (χ3n) is 3.83. The van der Waals surface area contributed by atoms with Gasteiger partial charge in [-0.3, -0.25) is 4.79 Å². The van der Waals surface area contributed by atoms with E-state index in [4.69, 9.17) is 9.47 Å². The predicted molar refractivity (Wildman–Crippen MR) is 76.1 cm³/mol. The summed E-state index contributed by atoms with van der Waals surface area (Å²) in [6, 6.07) is 0. The van der Waals surface area contributed by atoms with Crippen molar-refractivity contribution in [3.05, 3.63) is 0 Å². The number of unbranched alkanes of at least 4 members (excludes halogenated alkanes) is 1. The van der Waals surface area contributed by atoms with E-state index in [1.54, 1.807) is 0 Å². The van der Waals surface area contributed by atoms with Crippen molar-refractivity contribution in [2.75, 3.05) is 32.9 Å². The zero-order valence-electron chi connectivity index (χ0n) is 12.5. The molecule has 1 saturated heterocycles. The number of hydrogen-bond donors (Lipinski definition) is 1. The van der Waals surface area contributed by atoms with Crippen molar-refractivity contribution in [1.29, 1.82) is 0 Å². The van der Waals surface area contributed by atoms with E-state index in [-0.39, 0.29) is 11.4 Å². The van der Waals surface area contributed by atoms with Crippen LogP contribution in [0.2, 0.25) is 0 Å². The third kappa shape index (κ3) is 5.49. The number of hydrogen-bond acceptors (Lipinski definition) is 4. The van der Waals surface area contributed by atoms with Crippen LogP contribution in [0.1, 0.15) is 52.4 Å². The molecule has 0 aromatic rings. The molecule has 0 aliphatic carbocycles. The molecule has 0 atom stereocenters. The molecule has 0 saturated carbocycles. The molecule has 1 N–H and O–H groups in total. The van der Waals surface area contributed by atoms with Crippen LogP contribution in [0.25, 0.3) is 0 Å². The Morgan fingerprint density at radius 1 is 1.11 bits per heavy atom. The fourth-order valence-corrected chi connectivity index (χ4v) is 2.63. The molecule has 1 aliphatic rings. The van der Waals surface area contributed by atoms with Gasteiger partial charge in [-0.15, -0.1) is 0 Å². The van der Waals surface area contributed by atoms with Crippen LogP contribution in [0.4, 0.5) is 0 Å². The summed E-state index contributed by atoms with van der Waals surface area (Å²) in [7, 11) is 0. The molecular weight excluding hydrogens is 242 g/mol. The molecule has 112 valence electrons. The predicted octanol–water partition coefficient (Wildman–Crippen LogP) is 2.52. The van der Waals surface area contributed by atoms with E-state index in [2.05, 4.69) is 19.2 Å². The van der Waals surface area contributed by atoms with Gasteiger partial charge in [0.1, 0.15) is 6.61 Å². The van der Waals surface area contributed by atoms with Crippen LogP contribution < -0.4 is 5.32 Å². The number of esters is 1. The Morgan fingerprint density at radius 2 is 1.84 bits per heavy atom. The van der Waals surface area contributed by atoms with Crippen molar-refractivity contribution in [2.45, 2.75) is 52.4 Å². The molecule has 1 aliphatic heterocycles. The Labute approximate surface area is 117 Å². The minimum Gasteiger partial charge on any atom is -0.463 e. The summed E-state index contributed by atoms with van der Waals surface area (Å²) in [5.74, 6) is -0.0186. The topological polar surface area (TPSA) is 47.6 Å². The fraction of sp³-hybridized carbons (Fsp3) is 0.933. The van der Waals surface area contributed by atoms with Crippen LogP contribution >= 0.6 is 0 Å². The molecule has 19 heavy (non-hydrogen) atoms. The Bertz CT molecular complexity index is 244. The van der Waals surface area contributed by atoms with Gasteiger partial charge in [0, 0.05) is 6.61 Å². The summed E-state index contributed by atoms with van der Waals surface area (Å²) < 4.78 is 10.8. The van der Waals surface area contributed by atoms with Crippen LogP contribution in [0.3, 0.4) is 0 Å². The maximum absolute atomic E-state index is 12.3. The van der Waals surface area contributed by atoms with E-state index < -0.39 is 0 Å². The number of piperidine rings is 1. The Kier molecular flexibility index (Phi) is 8.07. The molecule has 0 spiro atoms. The highest BCUT2D eigenvalue weighted by Gasteiger charge is 2.39. The van der Waals surface area contributed by atoms with Gasteiger partial charge in [0.2, 0.25) is 0 Å². The molecule has 4 heteroatoms. The van der Waals surface area contributed by atoms with Gasteiger partial charge in [0.15, 0.2) is 0 Å². The second kappa shape index (κ2) is 9.32. The van der Waals surface area contributed by atoms with Crippen molar-refractivity contribution >= 4 is 5.97 Å². The van der Waals surface area contributed by atoms with Gasteiger partial charge in [-0.05, 0) is 38.8 Å². The number of nitrogens with one attached hydrogen (secondary N) is 1. The molecule has 1 rings (SSSR count). The minimum atomic E-state index is -0.247. The molecule has 0 aromatic carbocycles. The summed E-state index contributed by atoms with van der Waals surface area (Å²) >= 11 is 0. The van der Waals surface area contributed by atoms with Gasteiger partial charge in [0.05, 0.1) is 12.0 Å². The zero-order valence-corrected chi connectivity index (χ0v) is 12.5. The Morgan fingerprint density at radius 3 is 2.47 bits per heavy atom. The standard InChI is InChI=1S/C15H29NO3/c1-3-5-11-18-12-13-19-14(17)15(6-4-2)7-9-16-10-8-15/h16H,3-13H2,1-2H3. The molecule has 0 aromatic heterocycles. The molecule has 0 radical (unpaired) electrons. The molecule has 4 nitrogen and oxygen atoms in total. The first-order chi connectivity index (χ1) is 9.25. The van der Waals surface area contributed by atoms with Gasteiger partial charge in [-0.25, -0.2) is 0 Å². The quantitative estimate of drug-likeness (QED) is 0.517. The summed E-state index contributed by atoms with van der Waals surface area (Å²) in [4.78, 5) is 12.3. The third-order valence-corrected chi connectivity index (χ3v) is 3.83. The second-order valence-electron chi connectivity index (χ2n) is 5.38. The average molecular weight is 271 g/mol. The van der Waals surface area contributed by atoms with E-state index in [1.807, 2.05) is 0 Å². The molecule has 0 bridgehead atoms. The Hall–Kier alpha value is -0.610. The van der Waals surface area contributed by atoms with E-state index in [0.717, 1.165) is 58.2 Å². The van der Waals surface area contributed by atoms with Gasteiger partial charge in [-0.2, -0.15) is 0 Å². The number of carbonyl (C=O) groups excluding carboxylic acids is 1. The van der Waals surface area contributed by atoms with Crippen molar-refractivity contribution in [2.24, 2.45) is 5.41 Å². The summed E-state index contributed by atoms with van der Waals surface area (Å²) in [5.41, 5.74) is -0.247. The lowest BCUT2D eigenvalue weighted by molar-refractivity contribution is -0.160. The monoisotopic (exact) mass is 271 g/mol. The van der Waals surface area contributed by atoms with Crippen LogP contribution in [0, 0.1) is 5.41 Å². The maximum Gasteiger partial charge on any atom is 0.312 e. The Balaban J connectivity index is 2.28. The first-order valence-electron chi connectivity index (χ1n) is 7.71. The van der Waals surface area contributed by atoms with E-state index in [1.165, 1.54) is 0 Å².